The molecule has 56 valence electrons. The van der Waals surface area contributed by atoms with Crippen molar-refractivity contribution in [2.24, 2.45) is 5.92 Å². The summed E-state index contributed by atoms with van der Waals surface area (Å²) < 4.78 is 5.36. The van der Waals surface area contributed by atoms with Crippen LogP contribution in [0.4, 0.5) is 0 Å². The minimum atomic E-state index is -0.319. The second kappa shape index (κ2) is 1.62. The van der Waals surface area contributed by atoms with Gasteiger partial charge in [0.1, 0.15) is 0 Å². The molecule has 0 bridgehead atoms. The van der Waals surface area contributed by atoms with Gasteiger partial charge in [-0.3, -0.25) is 4.79 Å². The van der Waals surface area contributed by atoms with Gasteiger partial charge in [0.2, 0.25) is 0 Å². The Morgan fingerprint density at radius 2 is 2.30 bits per heavy atom. The molecule has 0 aromatic heterocycles. The molecule has 1 aliphatic carbocycles. The summed E-state index contributed by atoms with van der Waals surface area (Å²) in [5.41, 5.74) is -0.319. The predicted molar refractivity (Wildman–Crippen MR) is 36.7 cm³/mol. The molecule has 0 spiro atoms. The molecule has 2 nitrogen and oxygen atoms in total. The zero-order chi connectivity index (χ0) is 7.35. The fourth-order valence-corrected chi connectivity index (χ4v) is 2.18. The summed E-state index contributed by atoms with van der Waals surface area (Å²) in [5, 5.41) is 0. The van der Waals surface area contributed by atoms with Gasteiger partial charge in [-0.15, -0.1) is 0 Å². The third-order valence-corrected chi connectivity index (χ3v) is 2.90. The molecule has 10 heavy (non-hydrogen) atoms. The summed E-state index contributed by atoms with van der Waals surface area (Å²) in [4.78, 5) is 11.1. The number of Topliss-reactive ketones (excluding diaryl/α,β-unsaturated/α-hetero) is 1. The molecule has 2 fully saturated rings. The van der Waals surface area contributed by atoms with E-state index in [0.29, 0.717) is 5.92 Å². The van der Waals surface area contributed by atoms with Crippen molar-refractivity contribution in [3.05, 3.63) is 0 Å². The smallest absolute Gasteiger partial charge is 0.164 e. The van der Waals surface area contributed by atoms with Crippen molar-refractivity contribution in [1.82, 2.24) is 0 Å². The topological polar surface area (TPSA) is 29.6 Å². The molecule has 0 aromatic carbocycles. The largest absolute Gasteiger partial charge is 0.357 e. The zero-order valence-corrected chi connectivity index (χ0v) is 6.39. The summed E-state index contributed by atoms with van der Waals surface area (Å²) in [5.74, 6) is 0.678. The molecule has 3 atom stereocenters. The minimum absolute atomic E-state index is 0.225. The number of hydrogen-bond acceptors (Lipinski definition) is 2. The number of ketones is 1. The Morgan fingerprint density at radius 1 is 1.60 bits per heavy atom. The maximum absolute atomic E-state index is 11.1. The van der Waals surface area contributed by atoms with Crippen molar-refractivity contribution >= 4 is 5.78 Å². The Balaban J connectivity index is 2.25. The number of carbonyl (C=O) groups excluding carboxylic acids is 1. The summed E-state index contributed by atoms with van der Waals surface area (Å²) in [6, 6.07) is 0. The van der Waals surface area contributed by atoms with Crippen LogP contribution in [0.1, 0.15) is 26.7 Å². The zero-order valence-electron chi connectivity index (χ0n) is 6.39. The number of fused-ring (bicyclic) bond motifs is 1. The average Bonchev–Trinajstić information content (AvgIpc) is 2.52. The third kappa shape index (κ3) is 0.511. The molecule has 2 aliphatic rings. The second-order valence-electron chi connectivity index (χ2n) is 3.43. The van der Waals surface area contributed by atoms with Gasteiger partial charge in [-0.1, -0.05) is 6.92 Å². The minimum Gasteiger partial charge on any atom is -0.357 e. The molecule has 1 aliphatic heterocycles. The van der Waals surface area contributed by atoms with E-state index in [1.807, 2.05) is 0 Å². The van der Waals surface area contributed by atoms with Gasteiger partial charge in [0.15, 0.2) is 11.4 Å². The molecule has 1 heterocycles. The van der Waals surface area contributed by atoms with Gasteiger partial charge < -0.3 is 4.74 Å². The Kier molecular flexibility index (Phi) is 1.03. The lowest BCUT2D eigenvalue weighted by Crippen LogP contribution is -2.27. The highest BCUT2D eigenvalue weighted by Crippen LogP contribution is 2.53. The first kappa shape index (κ1) is 6.35. The van der Waals surface area contributed by atoms with E-state index in [2.05, 4.69) is 6.92 Å². The SMILES string of the molecule is CC(=O)[C@@]12O[C@@H]1CC[C@H]2C. The van der Waals surface area contributed by atoms with Crippen LogP contribution in [0.15, 0.2) is 0 Å². The molecule has 2 heteroatoms. The molecule has 0 amide bonds. The Morgan fingerprint density at radius 3 is 2.50 bits per heavy atom. The molecule has 2 rings (SSSR count). The Hall–Kier alpha value is -0.370. The second-order valence-corrected chi connectivity index (χ2v) is 3.43. The van der Waals surface area contributed by atoms with Crippen LogP contribution in [0.2, 0.25) is 0 Å². The Bertz CT molecular complexity index is 188. The van der Waals surface area contributed by atoms with Gasteiger partial charge in [-0.05, 0) is 25.7 Å². The molecule has 1 saturated carbocycles. The maximum Gasteiger partial charge on any atom is 0.164 e. The summed E-state index contributed by atoms with van der Waals surface area (Å²) >= 11 is 0. The number of ether oxygens (including phenoxy) is 1. The highest BCUT2D eigenvalue weighted by Gasteiger charge is 2.66. The summed E-state index contributed by atoms with van der Waals surface area (Å²) in [6.45, 7) is 3.75. The molecular formula is C8H12O2. The van der Waals surface area contributed by atoms with Crippen LogP contribution in [0, 0.1) is 5.92 Å². The maximum atomic E-state index is 11.1. The van der Waals surface area contributed by atoms with Crippen LogP contribution in [0.25, 0.3) is 0 Å². The number of hydrogen-bond donors (Lipinski definition) is 0. The molecular weight excluding hydrogens is 128 g/mol. The summed E-state index contributed by atoms with van der Waals surface area (Å²) in [7, 11) is 0. The number of epoxide rings is 1. The lowest BCUT2D eigenvalue weighted by molar-refractivity contribution is -0.123. The van der Waals surface area contributed by atoms with Gasteiger partial charge in [-0.25, -0.2) is 0 Å². The van der Waals surface area contributed by atoms with Gasteiger partial charge >= 0.3 is 0 Å². The van der Waals surface area contributed by atoms with Crippen molar-refractivity contribution in [1.29, 1.82) is 0 Å². The first-order valence-electron chi connectivity index (χ1n) is 3.87. The van der Waals surface area contributed by atoms with Gasteiger partial charge in [0, 0.05) is 0 Å². The highest BCUT2D eigenvalue weighted by atomic mass is 16.6. The number of rotatable bonds is 1. The Labute approximate surface area is 60.6 Å². The van der Waals surface area contributed by atoms with Gasteiger partial charge in [0.25, 0.3) is 0 Å². The molecule has 1 saturated heterocycles. The monoisotopic (exact) mass is 140 g/mol. The summed E-state index contributed by atoms with van der Waals surface area (Å²) in [6.07, 6.45) is 2.52. The normalized spacial score (nSPS) is 50.6. The van der Waals surface area contributed by atoms with Crippen molar-refractivity contribution < 1.29 is 9.53 Å². The van der Waals surface area contributed by atoms with Crippen molar-refractivity contribution in [2.75, 3.05) is 0 Å². The fourth-order valence-electron chi connectivity index (χ4n) is 2.18. The first-order chi connectivity index (χ1) is 4.68. The molecule has 0 radical (unpaired) electrons. The van der Waals surface area contributed by atoms with Crippen molar-refractivity contribution in [3.8, 4) is 0 Å². The number of carbonyl (C=O) groups is 1. The van der Waals surface area contributed by atoms with Crippen LogP contribution in [0.3, 0.4) is 0 Å². The highest BCUT2D eigenvalue weighted by molar-refractivity contribution is 5.89. The van der Waals surface area contributed by atoms with Crippen LogP contribution >= 0.6 is 0 Å². The van der Waals surface area contributed by atoms with Crippen LogP contribution in [-0.2, 0) is 9.53 Å². The van der Waals surface area contributed by atoms with Crippen LogP contribution in [-0.4, -0.2) is 17.5 Å². The van der Waals surface area contributed by atoms with E-state index in [-0.39, 0.29) is 17.5 Å². The average molecular weight is 140 g/mol. The first-order valence-corrected chi connectivity index (χ1v) is 3.87. The third-order valence-electron chi connectivity index (χ3n) is 2.90. The van der Waals surface area contributed by atoms with E-state index in [1.165, 1.54) is 0 Å². The molecule has 0 N–H and O–H groups in total. The van der Waals surface area contributed by atoms with E-state index >= 15 is 0 Å². The van der Waals surface area contributed by atoms with Crippen molar-refractivity contribution in [3.63, 3.8) is 0 Å². The lowest BCUT2D eigenvalue weighted by atomic mass is 9.93. The van der Waals surface area contributed by atoms with Crippen LogP contribution in [0.5, 0.6) is 0 Å². The lowest BCUT2D eigenvalue weighted by Gasteiger charge is -2.11. The van der Waals surface area contributed by atoms with E-state index in [4.69, 9.17) is 4.74 Å². The standard InChI is InChI=1S/C8H12O2/c1-5-3-4-7-8(5,10-7)6(2)9/h5,7H,3-4H2,1-2H3/t5-,7-,8-/m1/s1. The predicted octanol–water partition coefficient (Wildman–Crippen LogP) is 1.14. The van der Waals surface area contributed by atoms with Gasteiger partial charge in [0.05, 0.1) is 6.10 Å². The van der Waals surface area contributed by atoms with E-state index in [0.717, 1.165) is 12.8 Å². The van der Waals surface area contributed by atoms with Crippen molar-refractivity contribution in [2.45, 2.75) is 38.4 Å². The quantitative estimate of drug-likeness (QED) is 0.511. The van der Waals surface area contributed by atoms with Crippen LogP contribution < -0.4 is 0 Å². The fraction of sp³-hybridized carbons (Fsp3) is 0.875. The molecule has 0 aromatic rings. The van der Waals surface area contributed by atoms with Gasteiger partial charge in [-0.2, -0.15) is 0 Å². The van der Waals surface area contributed by atoms with E-state index in [9.17, 15) is 4.79 Å². The van der Waals surface area contributed by atoms with E-state index < -0.39 is 0 Å². The van der Waals surface area contributed by atoms with E-state index in [1.54, 1.807) is 6.92 Å². The molecule has 0 unspecified atom stereocenters.